The zero-order chi connectivity index (χ0) is 25.3. The summed E-state index contributed by atoms with van der Waals surface area (Å²) in [5, 5.41) is 0. The Morgan fingerprint density at radius 1 is 0.917 bits per heavy atom. The number of para-hydroxylation sites is 1. The molecule has 0 unspecified atom stereocenters. The van der Waals surface area contributed by atoms with E-state index in [-0.39, 0.29) is 24.3 Å². The molecule has 0 bridgehead atoms. The maximum atomic E-state index is 14.5. The molecule has 0 radical (unpaired) electrons. The molecular weight excluding hydrogens is 450 g/mol. The molecular formula is C31H29NO4. The van der Waals surface area contributed by atoms with Gasteiger partial charge in [0.05, 0.1) is 17.7 Å². The lowest BCUT2D eigenvalue weighted by Gasteiger charge is -2.37. The number of amides is 2. The number of ether oxygens (including phenoxy) is 1. The second-order valence-corrected chi connectivity index (χ2v) is 9.36. The molecule has 3 aromatic carbocycles. The van der Waals surface area contributed by atoms with Gasteiger partial charge in [-0.25, -0.2) is 9.69 Å². The van der Waals surface area contributed by atoms with Gasteiger partial charge in [0.1, 0.15) is 0 Å². The summed E-state index contributed by atoms with van der Waals surface area (Å²) in [6, 6.07) is 27.3. The highest BCUT2D eigenvalue weighted by Gasteiger charge is 2.64. The number of carbonyl (C=O) groups is 3. The summed E-state index contributed by atoms with van der Waals surface area (Å²) >= 11 is 0. The van der Waals surface area contributed by atoms with E-state index in [9.17, 15) is 14.4 Å². The Morgan fingerprint density at radius 2 is 1.56 bits per heavy atom. The van der Waals surface area contributed by atoms with Crippen LogP contribution in [0.2, 0.25) is 0 Å². The predicted octanol–water partition coefficient (Wildman–Crippen LogP) is 5.35. The highest BCUT2D eigenvalue weighted by molar-refractivity contribution is 6.23. The molecule has 2 aliphatic rings. The van der Waals surface area contributed by atoms with Crippen LogP contribution in [-0.4, -0.2) is 24.4 Å². The van der Waals surface area contributed by atoms with Gasteiger partial charge in [-0.15, -0.1) is 0 Å². The predicted molar refractivity (Wildman–Crippen MR) is 138 cm³/mol. The number of hydrogen-bond acceptors (Lipinski definition) is 4. The number of hydrogen-bond donors (Lipinski definition) is 0. The molecule has 5 nitrogen and oxygen atoms in total. The van der Waals surface area contributed by atoms with E-state index < -0.39 is 17.3 Å². The molecule has 182 valence electrons. The van der Waals surface area contributed by atoms with Gasteiger partial charge in [0.15, 0.2) is 0 Å². The van der Waals surface area contributed by atoms with Crippen LogP contribution in [0.25, 0.3) is 0 Å². The van der Waals surface area contributed by atoms with Gasteiger partial charge in [-0.2, -0.15) is 0 Å². The average Bonchev–Trinajstić information content (AvgIpc) is 3.37. The number of allylic oxidation sites excluding steroid dienone is 1. The number of esters is 1. The average molecular weight is 480 g/mol. The fourth-order valence-corrected chi connectivity index (χ4v) is 6.05. The zero-order valence-electron chi connectivity index (χ0n) is 20.5. The molecule has 0 saturated heterocycles. The minimum atomic E-state index is -1.12. The van der Waals surface area contributed by atoms with Crippen LogP contribution in [0.1, 0.15) is 42.9 Å². The lowest BCUT2D eigenvalue weighted by Crippen LogP contribution is -2.49. The van der Waals surface area contributed by atoms with Crippen molar-refractivity contribution in [2.75, 3.05) is 11.5 Å². The number of fused-ring (bicyclic) bond motifs is 2. The highest BCUT2D eigenvalue weighted by Crippen LogP contribution is 2.61. The van der Waals surface area contributed by atoms with Gasteiger partial charge in [0.25, 0.3) is 0 Å². The number of imide groups is 1. The Labute approximate surface area is 211 Å². The van der Waals surface area contributed by atoms with Gasteiger partial charge < -0.3 is 4.74 Å². The first-order chi connectivity index (χ1) is 17.5. The molecule has 1 aliphatic heterocycles. The van der Waals surface area contributed by atoms with Gasteiger partial charge in [0.2, 0.25) is 11.8 Å². The Bertz CT molecular complexity index is 1330. The third kappa shape index (κ3) is 3.67. The van der Waals surface area contributed by atoms with Gasteiger partial charge in [-0.05, 0) is 48.4 Å². The normalized spacial score (nSPS) is 22.4. The van der Waals surface area contributed by atoms with Crippen molar-refractivity contribution in [2.24, 2.45) is 5.92 Å². The minimum absolute atomic E-state index is 0.240. The lowest BCUT2D eigenvalue weighted by atomic mass is 9.62. The maximum absolute atomic E-state index is 14.5. The Hall–Kier alpha value is -3.99. The third-order valence-electron chi connectivity index (χ3n) is 7.43. The number of rotatable bonds is 6. The third-order valence-corrected chi connectivity index (χ3v) is 7.43. The Balaban J connectivity index is 1.73. The quantitative estimate of drug-likeness (QED) is 0.447. The van der Waals surface area contributed by atoms with Crippen molar-refractivity contribution >= 4 is 23.5 Å². The first kappa shape index (κ1) is 23.7. The first-order valence-electron chi connectivity index (χ1n) is 12.4. The summed E-state index contributed by atoms with van der Waals surface area (Å²) in [6.07, 6.45) is 3.32. The van der Waals surface area contributed by atoms with Crippen LogP contribution in [0, 0.1) is 5.92 Å². The monoisotopic (exact) mass is 479 g/mol. The van der Waals surface area contributed by atoms with E-state index in [1.54, 1.807) is 6.92 Å². The van der Waals surface area contributed by atoms with E-state index in [4.69, 9.17) is 4.74 Å². The van der Waals surface area contributed by atoms with Crippen LogP contribution in [0.3, 0.4) is 0 Å². The summed E-state index contributed by atoms with van der Waals surface area (Å²) in [4.78, 5) is 41.9. The zero-order valence-corrected chi connectivity index (χ0v) is 20.5. The highest BCUT2D eigenvalue weighted by atomic mass is 16.5. The fraction of sp³-hybridized carbons (Fsp3) is 0.258. The van der Waals surface area contributed by atoms with Gasteiger partial charge in [0, 0.05) is 18.4 Å². The van der Waals surface area contributed by atoms with Gasteiger partial charge >= 0.3 is 5.97 Å². The van der Waals surface area contributed by atoms with Crippen molar-refractivity contribution in [3.8, 4) is 0 Å². The summed E-state index contributed by atoms with van der Waals surface area (Å²) < 4.78 is 5.49. The molecule has 0 N–H and O–H groups in total. The van der Waals surface area contributed by atoms with Crippen molar-refractivity contribution in [1.82, 2.24) is 0 Å². The van der Waals surface area contributed by atoms with E-state index in [1.165, 1.54) is 11.8 Å². The summed E-state index contributed by atoms with van der Waals surface area (Å²) in [5.41, 5.74) is 2.75. The van der Waals surface area contributed by atoms with Gasteiger partial charge in [-0.1, -0.05) is 84.9 Å². The van der Waals surface area contributed by atoms with Crippen LogP contribution in [0.15, 0.2) is 96.6 Å². The molecule has 3 aromatic rings. The van der Waals surface area contributed by atoms with Crippen molar-refractivity contribution in [3.05, 3.63) is 113 Å². The summed E-state index contributed by atoms with van der Waals surface area (Å²) in [6.45, 7) is 3.43. The van der Waals surface area contributed by atoms with E-state index in [2.05, 4.69) is 12.1 Å². The van der Waals surface area contributed by atoms with Crippen molar-refractivity contribution < 1.29 is 19.1 Å². The molecule has 2 amide bonds. The number of anilines is 1. The topological polar surface area (TPSA) is 63.7 Å². The minimum Gasteiger partial charge on any atom is -0.463 e. The summed E-state index contributed by atoms with van der Waals surface area (Å²) in [5.74, 6) is -1.91. The molecule has 1 spiro atoms. The van der Waals surface area contributed by atoms with Crippen molar-refractivity contribution in [3.63, 3.8) is 0 Å². The molecule has 0 fully saturated rings. The van der Waals surface area contributed by atoms with E-state index in [0.29, 0.717) is 17.7 Å². The number of nitrogens with zero attached hydrogens (tertiary/aromatic N) is 1. The van der Waals surface area contributed by atoms with Crippen LogP contribution < -0.4 is 4.90 Å². The first-order valence-corrected chi connectivity index (χ1v) is 12.4. The molecule has 0 aromatic heterocycles. The molecule has 36 heavy (non-hydrogen) atoms. The number of carbonyl (C=O) groups excluding carboxylic acids is 3. The molecule has 1 aliphatic carbocycles. The number of aryl methyl sites for hydroxylation is 1. The van der Waals surface area contributed by atoms with Crippen molar-refractivity contribution in [2.45, 2.75) is 38.0 Å². The second kappa shape index (κ2) is 9.57. The molecule has 0 saturated carbocycles. The van der Waals surface area contributed by atoms with Crippen LogP contribution in [0.5, 0.6) is 0 Å². The molecule has 5 rings (SSSR count). The SMILES string of the molecule is CCOC(=O)C1=C[C@@H](CCc2ccccc2)[C@]2(C(=O)N(C(C)=O)c3ccccc32)[C@H]1c1ccccc1. The Kier molecular flexibility index (Phi) is 6.31. The fourth-order valence-electron chi connectivity index (χ4n) is 6.05. The molecule has 3 atom stereocenters. The standard InChI is InChI=1S/C31H29NO4/c1-3-36-29(34)25-20-24(19-18-22-12-6-4-7-13-22)31(28(25)23-14-8-5-9-15-23)26-16-10-11-17-27(26)32(21(2)33)30(31)35/h4-17,20,24,28H,3,18-19H2,1-2H3/t24-,28+,31-/m1/s1. The Morgan fingerprint density at radius 3 is 2.22 bits per heavy atom. The van der Waals surface area contributed by atoms with Crippen LogP contribution in [-0.2, 0) is 31.0 Å². The number of benzene rings is 3. The molecule has 1 heterocycles. The maximum Gasteiger partial charge on any atom is 0.334 e. The van der Waals surface area contributed by atoms with Crippen molar-refractivity contribution in [1.29, 1.82) is 0 Å². The smallest absolute Gasteiger partial charge is 0.334 e. The lowest BCUT2D eigenvalue weighted by molar-refractivity contribution is -0.138. The van der Waals surface area contributed by atoms with Crippen LogP contribution in [0.4, 0.5) is 5.69 Å². The van der Waals surface area contributed by atoms with Crippen LogP contribution >= 0.6 is 0 Å². The second-order valence-electron chi connectivity index (χ2n) is 9.36. The van der Waals surface area contributed by atoms with E-state index >= 15 is 0 Å². The van der Waals surface area contributed by atoms with Gasteiger partial charge in [-0.3, -0.25) is 9.59 Å². The van der Waals surface area contributed by atoms with E-state index in [1.807, 2.05) is 78.9 Å². The largest absolute Gasteiger partial charge is 0.463 e. The molecule has 5 heteroatoms. The van der Waals surface area contributed by atoms with E-state index in [0.717, 1.165) is 23.1 Å². The summed E-state index contributed by atoms with van der Waals surface area (Å²) in [7, 11) is 0.